The van der Waals surface area contributed by atoms with E-state index in [4.69, 9.17) is 10.5 Å². The summed E-state index contributed by atoms with van der Waals surface area (Å²) in [6, 6.07) is 7.86. The fourth-order valence-corrected chi connectivity index (χ4v) is 2.12. The lowest BCUT2D eigenvalue weighted by Crippen LogP contribution is -2.55. The van der Waals surface area contributed by atoms with Crippen LogP contribution in [-0.2, 0) is 4.79 Å². The average Bonchev–Trinajstić information content (AvgIpc) is 2.32. The van der Waals surface area contributed by atoms with Gasteiger partial charge in [-0.25, -0.2) is 0 Å². The second-order valence-electron chi connectivity index (χ2n) is 5.17. The molecule has 1 aromatic carbocycles. The van der Waals surface area contributed by atoms with Gasteiger partial charge in [0.25, 0.3) is 0 Å². The third-order valence-corrected chi connectivity index (χ3v) is 3.16. The molecule has 0 aliphatic carbocycles. The molecule has 0 aliphatic heterocycles. The minimum atomic E-state index is -0.737. The van der Waals surface area contributed by atoms with Crippen molar-refractivity contribution in [3.63, 3.8) is 0 Å². The van der Waals surface area contributed by atoms with Crippen LogP contribution in [0.1, 0.15) is 32.8 Å². The van der Waals surface area contributed by atoms with E-state index in [-0.39, 0.29) is 12.0 Å². The highest BCUT2D eigenvalue weighted by Crippen LogP contribution is 2.19. The smallest absolute Gasteiger partial charge is 0.237 e. The normalized spacial score (nSPS) is 15.6. The van der Waals surface area contributed by atoms with Crippen LogP contribution in [0.15, 0.2) is 24.3 Å². The van der Waals surface area contributed by atoms with Crippen molar-refractivity contribution in [3.8, 4) is 5.75 Å². The molecule has 106 valence electrons. The number of carbonyl (C=O) groups excluding carboxylic acids is 1. The lowest BCUT2D eigenvalue weighted by molar-refractivity contribution is -0.124. The number of nitrogens with one attached hydrogen (secondary N) is 1. The summed E-state index contributed by atoms with van der Waals surface area (Å²) in [5, 5.41) is 3.13. The van der Waals surface area contributed by atoms with Gasteiger partial charge in [0.2, 0.25) is 5.91 Å². The van der Waals surface area contributed by atoms with Gasteiger partial charge in [-0.15, -0.1) is 0 Å². The first-order valence-electron chi connectivity index (χ1n) is 6.65. The van der Waals surface area contributed by atoms with E-state index in [0.717, 1.165) is 5.75 Å². The monoisotopic (exact) mass is 264 g/mol. The highest BCUT2D eigenvalue weighted by molar-refractivity contribution is 5.84. The summed E-state index contributed by atoms with van der Waals surface area (Å²) in [6.07, 6.45) is 0.434. The molecule has 0 aromatic heterocycles. The van der Waals surface area contributed by atoms with Gasteiger partial charge in [0.15, 0.2) is 0 Å². The number of primary amides is 1. The predicted octanol–water partition coefficient (Wildman–Crippen LogP) is 2.01. The summed E-state index contributed by atoms with van der Waals surface area (Å²) >= 11 is 0. The van der Waals surface area contributed by atoms with Gasteiger partial charge in [-0.2, -0.15) is 0 Å². The third-order valence-electron chi connectivity index (χ3n) is 3.16. The van der Waals surface area contributed by atoms with E-state index < -0.39 is 5.54 Å². The standard InChI is InChI=1S/C15H24N2O2/c1-5-17-15(4,14(16)18)10-12(3)19-13-8-6-11(2)7-9-13/h6-9,12,17H,5,10H2,1-4H3,(H2,16,18). The van der Waals surface area contributed by atoms with Gasteiger partial charge in [-0.1, -0.05) is 24.6 Å². The Morgan fingerprint density at radius 3 is 2.47 bits per heavy atom. The minimum absolute atomic E-state index is 0.0979. The van der Waals surface area contributed by atoms with E-state index in [1.165, 1.54) is 5.56 Å². The van der Waals surface area contributed by atoms with E-state index >= 15 is 0 Å². The van der Waals surface area contributed by atoms with Crippen molar-refractivity contribution in [1.82, 2.24) is 5.32 Å². The lowest BCUT2D eigenvalue weighted by Gasteiger charge is -2.30. The molecule has 0 bridgehead atoms. The van der Waals surface area contributed by atoms with Crippen LogP contribution < -0.4 is 15.8 Å². The van der Waals surface area contributed by atoms with E-state index in [1.807, 2.05) is 52.0 Å². The SMILES string of the molecule is CCNC(C)(CC(C)Oc1ccc(C)cc1)C(N)=O. The summed E-state index contributed by atoms with van der Waals surface area (Å²) in [6.45, 7) is 8.43. The van der Waals surface area contributed by atoms with Gasteiger partial charge in [0, 0.05) is 6.42 Å². The third kappa shape index (κ3) is 4.56. The number of ether oxygens (including phenoxy) is 1. The summed E-state index contributed by atoms with van der Waals surface area (Å²) in [5.74, 6) is 0.454. The Morgan fingerprint density at radius 1 is 1.42 bits per heavy atom. The van der Waals surface area contributed by atoms with Gasteiger partial charge in [0.1, 0.15) is 5.75 Å². The van der Waals surface area contributed by atoms with Crippen molar-refractivity contribution in [3.05, 3.63) is 29.8 Å². The largest absolute Gasteiger partial charge is 0.491 e. The first kappa shape index (κ1) is 15.5. The van der Waals surface area contributed by atoms with Crippen LogP contribution >= 0.6 is 0 Å². The summed E-state index contributed by atoms with van der Waals surface area (Å²) < 4.78 is 5.81. The Labute approximate surface area is 115 Å². The zero-order valence-corrected chi connectivity index (χ0v) is 12.2. The second-order valence-corrected chi connectivity index (χ2v) is 5.17. The Hall–Kier alpha value is -1.55. The molecule has 0 aliphatic rings. The molecule has 0 saturated carbocycles. The summed E-state index contributed by atoms with van der Waals surface area (Å²) in [5.41, 5.74) is 5.91. The first-order chi connectivity index (χ1) is 8.87. The zero-order valence-electron chi connectivity index (χ0n) is 12.2. The van der Waals surface area contributed by atoms with Crippen LogP contribution in [0.2, 0.25) is 0 Å². The molecule has 2 atom stereocenters. The van der Waals surface area contributed by atoms with Gasteiger partial charge in [-0.05, 0) is 39.4 Å². The highest BCUT2D eigenvalue weighted by atomic mass is 16.5. The maximum atomic E-state index is 11.5. The molecule has 0 spiro atoms. The molecule has 1 aromatic rings. The molecule has 0 saturated heterocycles. The molecule has 1 rings (SSSR count). The van der Waals surface area contributed by atoms with Crippen LogP contribution in [0.4, 0.5) is 0 Å². The summed E-state index contributed by atoms with van der Waals surface area (Å²) in [4.78, 5) is 11.5. The fourth-order valence-electron chi connectivity index (χ4n) is 2.12. The molecular weight excluding hydrogens is 240 g/mol. The van der Waals surface area contributed by atoms with E-state index in [1.54, 1.807) is 0 Å². The predicted molar refractivity (Wildman–Crippen MR) is 77.2 cm³/mol. The first-order valence-corrected chi connectivity index (χ1v) is 6.65. The number of carbonyl (C=O) groups is 1. The van der Waals surface area contributed by atoms with Crippen molar-refractivity contribution in [2.24, 2.45) is 5.73 Å². The van der Waals surface area contributed by atoms with Gasteiger partial charge < -0.3 is 15.8 Å². The van der Waals surface area contributed by atoms with Crippen LogP contribution in [0.25, 0.3) is 0 Å². The Balaban J connectivity index is 2.65. The number of amides is 1. The molecule has 3 N–H and O–H groups in total. The van der Waals surface area contributed by atoms with Crippen LogP contribution in [0.5, 0.6) is 5.75 Å². The van der Waals surface area contributed by atoms with Crippen LogP contribution in [0, 0.1) is 6.92 Å². The van der Waals surface area contributed by atoms with Gasteiger partial charge >= 0.3 is 0 Å². The topological polar surface area (TPSA) is 64.3 Å². The van der Waals surface area contributed by atoms with E-state index in [0.29, 0.717) is 13.0 Å². The number of benzene rings is 1. The number of aryl methyl sites for hydroxylation is 1. The maximum absolute atomic E-state index is 11.5. The molecule has 0 radical (unpaired) electrons. The Kier molecular flexibility index (Phi) is 5.36. The molecule has 19 heavy (non-hydrogen) atoms. The number of likely N-dealkylation sites (N-methyl/N-ethyl adjacent to an activating group) is 1. The molecular formula is C15H24N2O2. The van der Waals surface area contributed by atoms with Crippen molar-refractivity contribution < 1.29 is 9.53 Å². The van der Waals surface area contributed by atoms with Crippen molar-refractivity contribution >= 4 is 5.91 Å². The summed E-state index contributed by atoms with van der Waals surface area (Å²) in [7, 11) is 0. The average molecular weight is 264 g/mol. The Morgan fingerprint density at radius 2 is 2.00 bits per heavy atom. The quantitative estimate of drug-likeness (QED) is 0.791. The van der Waals surface area contributed by atoms with Crippen LogP contribution in [0.3, 0.4) is 0 Å². The number of hydrogen-bond donors (Lipinski definition) is 2. The van der Waals surface area contributed by atoms with E-state index in [2.05, 4.69) is 5.32 Å². The van der Waals surface area contributed by atoms with Gasteiger partial charge in [0.05, 0.1) is 11.6 Å². The second kappa shape index (κ2) is 6.57. The maximum Gasteiger partial charge on any atom is 0.237 e. The minimum Gasteiger partial charge on any atom is -0.491 e. The molecule has 0 heterocycles. The van der Waals surface area contributed by atoms with E-state index in [9.17, 15) is 4.79 Å². The molecule has 0 fully saturated rings. The molecule has 4 heteroatoms. The van der Waals surface area contributed by atoms with Crippen molar-refractivity contribution in [1.29, 1.82) is 0 Å². The lowest BCUT2D eigenvalue weighted by atomic mass is 9.94. The number of hydrogen-bond acceptors (Lipinski definition) is 3. The number of nitrogens with two attached hydrogens (primary N) is 1. The van der Waals surface area contributed by atoms with Crippen LogP contribution in [-0.4, -0.2) is 24.1 Å². The number of rotatable bonds is 7. The van der Waals surface area contributed by atoms with Crippen molar-refractivity contribution in [2.45, 2.75) is 45.8 Å². The highest BCUT2D eigenvalue weighted by Gasteiger charge is 2.32. The molecule has 1 amide bonds. The van der Waals surface area contributed by atoms with Crippen molar-refractivity contribution in [2.75, 3.05) is 6.54 Å². The molecule has 2 unspecified atom stereocenters. The Bertz CT molecular complexity index is 417. The fraction of sp³-hybridized carbons (Fsp3) is 0.533. The van der Waals surface area contributed by atoms with Gasteiger partial charge in [-0.3, -0.25) is 4.79 Å². The zero-order chi connectivity index (χ0) is 14.5. The molecule has 4 nitrogen and oxygen atoms in total.